The second kappa shape index (κ2) is 27.9. The number of likely N-dealkylation sites (tertiary alicyclic amines) is 1. The first-order chi connectivity index (χ1) is 30.9. The number of rotatable bonds is 19. The van der Waals surface area contributed by atoms with Gasteiger partial charge in [-0.1, -0.05) is 27.2 Å². The minimum atomic E-state index is -1.87. The largest absolute Gasteiger partial charge is 0.459 e. The Balaban J connectivity index is 2.05. The molecule has 3 fully saturated rings. The van der Waals surface area contributed by atoms with Crippen LogP contribution >= 0.6 is 12.2 Å². The molecule has 0 radical (unpaired) electrons. The van der Waals surface area contributed by atoms with Gasteiger partial charge in [0.05, 0.1) is 48.6 Å². The van der Waals surface area contributed by atoms with Crippen LogP contribution in [0.2, 0.25) is 0 Å². The number of nitrogens with one attached hydrogen (secondary N) is 2. The third-order valence-electron chi connectivity index (χ3n) is 14.2. The van der Waals surface area contributed by atoms with Crippen molar-refractivity contribution in [3.8, 4) is 0 Å². The highest BCUT2D eigenvalue weighted by molar-refractivity contribution is 7.80. The molecule has 0 aliphatic carbocycles. The maximum atomic E-state index is 14.5. The van der Waals surface area contributed by atoms with Crippen LogP contribution in [0.25, 0.3) is 0 Å². The Kier molecular flexibility index (Phi) is 24.9. The van der Waals surface area contributed by atoms with Crippen molar-refractivity contribution in [3.05, 3.63) is 0 Å². The summed E-state index contributed by atoms with van der Waals surface area (Å²) in [6.07, 6.45) is -3.93. The summed E-state index contributed by atoms with van der Waals surface area (Å²) in [7, 11) is 5.33. The van der Waals surface area contributed by atoms with Gasteiger partial charge in [0.15, 0.2) is 17.7 Å². The average Bonchev–Trinajstić information content (AvgIpc) is 3.25. The zero-order valence-electron chi connectivity index (χ0n) is 42.8. The molecule has 0 saturated carbocycles. The molecular formula is C48H93N5O12S. The lowest BCUT2D eigenvalue weighted by Crippen LogP contribution is -2.59. The smallest absolute Gasteiger partial charge is 0.311 e. The highest BCUT2D eigenvalue weighted by Gasteiger charge is 2.51. The zero-order chi connectivity index (χ0) is 49.5. The van der Waals surface area contributed by atoms with Gasteiger partial charge in [0.1, 0.15) is 23.9 Å². The summed E-state index contributed by atoms with van der Waals surface area (Å²) < 4.78 is 37.7. The third-order valence-corrected chi connectivity index (χ3v) is 14.5. The Bertz CT molecular complexity index is 1410. The topological polar surface area (TPSA) is 207 Å². The van der Waals surface area contributed by atoms with E-state index >= 15 is 0 Å². The molecule has 17 atom stereocenters. The summed E-state index contributed by atoms with van der Waals surface area (Å²) in [5.41, 5.74) is -3.48. The molecule has 18 heteroatoms. The fraction of sp³-hybridized carbons (Fsp3) is 0.958. The minimum absolute atomic E-state index is 0.197. The Morgan fingerprint density at radius 3 is 2.27 bits per heavy atom. The molecule has 0 bridgehead atoms. The molecular weight excluding hydrogens is 871 g/mol. The molecule has 3 saturated heterocycles. The highest BCUT2D eigenvalue weighted by Crippen LogP contribution is 2.38. The Morgan fingerprint density at radius 1 is 1.02 bits per heavy atom. The molecule has 3 rings (SSSR count). The average molecular weight is 964 g/mol. The summed E-state index contributed by atoms with van der Waals surface area (Å²) in [6.45, 7) is 23.3. The van der Waals surface area contributed by atoms with Crippen molar-refractivity contribution in [1.29, 1.82) is 0 Å². The van der Waals surface area contributed by atoms with Crippen molar-refractivity contribution < 1.29 is 58.7 Å². The maximum absolute atomic E-state index is 14.5. The molecule has 0 spiro atoms. The summed E-state index contributed by atoms with van der Waals surface area (Å²) in [5.74, 6) is -2.74. The standard InChI is InChI=1S/C48H93N5O12S/c1-14-38-48(10,59)42(56)34(6)53(24-18-20-49-46(66)50-21-25-52-22-16-15-17-23-52)29-30(2)28-47(9,58)43(65-45-40(55)37(51(11)12)27-31(3)61-45)32(4)41(33(5)44(57)63-38)64-39(19-26-60-13)62-36(8)35(7)54/h30-43,45,54-56,58-59H,14-29H2,1-13H3,(H2,49,50,66)/t30-,31-,32+,33-,34-,35-,36+,37+,38-,39+,40-,41+,42-,43-,45+,47-,48-/m1/s1. The zero-order valence-corrected chi connectivity index (χ0v) is 43.6. The predicted molar refractivity (Wildman–Crippen MR) is 259 cm³/mol. The predicted octanol–water partition coefficient (Wildman–Crippen LogP) is 2.86. The Labute approximate surface area is 402 Å². The van der Waals surface area contributed by atoms with Crippen LogP contribution in [0.1, 0.15) is 121 Å². The second-order valence-electron chi connectivity index (χ2n) is 20.5. The monoisotopic (exact) mass is 964 g/mol. The number of piperidine rings is 1. The van der Waals surface area contributed by atoms with Crippen LogP contribution in [-0.4, -0.2) is 210 Å². The van der Waals surface area contributed by atoms with Gasteiger partial charge in [-0.3, -0.25) is 9.69 Å². The number of aliphatic hydroxyl groups excluding tert-OH is 3. The Morgan fingerprint density at radius 2 is 1.67 bits per heavy atom. The molecule has 3 aliphatic heterocycles. The molecule has 388 valence electrons. The lowest BCUT2D eigenvalue weighted by molar-refractivity contribution is -0.306. The fourth-order valence-electron chi connectivity index (χ4n) is 10.1. The number of nitrogens with zero attached hydrogens (tertiary/aromatic N) is 3. The molecule has 3 heterocycles. The van der Waals surface area contributed by atoms with Crippen molar-refractivity contribution in [1.82, 2.24) is 25.3 Å². The van der Waals surface area contributed by atoms with Crippen LogP contribution in [0.5, 0.6) is 0 Å². The molecule has 0 amide bonds. The quantitative estimate of drug-likeness (QED) is 0.0430. The van der Waals surface area contributed by atoms with Crippen molar-refractivity contribution in [2.75, 3.05) is 73.6 Å². The van der Waals surface area contributed by atoms with Gasteiger partial charge >= 0.3 is 5.97 Å². The van der Waals surface area contributed by atoms with Crippen LogP contribution in [0.15, 0.2) is 0 Å². The number of carbonyl (C=O) groups excluding carboxylic acids is 1. The number of carbonyl (C=O) groups is 1. The number of methoxy groups -OCH3 is 1. The molecule has 7 N–H and O–H groups in total. The van der Waals surface area contributed by atoms with Crippen molar-refractivity contribution >= 4 is 23.3 Å². The Hall–Kier alpha value is -1.36. The van der Waals surface area contributed by atoms with Gasteiger partial charge in [-0.25, -0.2) is 0 Å². The van der Waals surface area contributed by atoms with Crippen LogP contribution < -0.4 is 10.6 Å². The number of cyclic esters (lactones) is 1. The van der Waals surface area contributed by atoms with Gasteiger partial charge in [-0.15, -0.1) is 0 Å². The van der Waals surface area contributed by atoms with Gasteiger partial charge in [0.2, 0.25) is 0 Å². The molecule has 0 unspecified atom stereocenters. The summed E-state index contributed by atoms with van der Waals surface area (Å²) in [5, 5.41) is 66.5. The molecule has 0 aromatic carbocycles. The van der Waals surface area contributed by atoms with E-state index in [0.29, 0.717) is 37.6 Å². The van der Waals surface area contributed by atoms with E-state index in [2.05, 4.69) is 20.4 Å². The second-order valence-corrected chi connectivity index (χ2v) is 20.9. The molecule has 17 nitrogen and oxygen atoms in total. The number of hydrogen-bond donors (Lipinski definition) is 7. The number of likely N-dealkylation sites (N-methyl/N-ethyl adjacent to an activating group) is 1. The van der Waals surface area contributed by atoms with E-state index in [1.807, 2.05) is 46.7 Å². The van der Waals surface area contributed by atoms with E-state index in [1.165, 1.54) is 26.2 Å². The van der Waals surface area contributed by atoms with Crippen molar-refractivity contribution in [3.63, 3.8) is 0 Å². The number of thiocarbonyl (C=S) groups is 1. The van der Waals surface area contributed by atoms with Gasteiger partial charge in [-0.2, -0.15) is 0 Å². The van der Waals surface area contributed by atoms with E-state index in [1.54, 1.807) is 41.7 Å². The van der Waals surface area contributed by atoms with Gasteiger partial charge < -0.3 is 74.4 Å². The van der Waals surface area contributed by atoms with Crippen molar-refractivity contribution in [2.45, 2.75) is 205 Å². The number of aliphatic hydroxyl groups is 5. The first kappa shape index (κ1) is 59.0. The van der Waals surface area contributed by atoms with Crippen LogP contribution in [0, 0.1) is 17.8 Å². The third kappa shape index (κ3) is 17.5. The first-order valence-electron chi connectivity index (χ1n) is 24.9. The normalized spacial score (nSPS) is 37.6. The van der Waals surface area contributed by atoms with E-state index in [4.69, 9.17) is 40.6 Å². The van der Waals surface area contributed by atoms with Gasteiger partial charge in [0, 0.05) is 64.3 Å². The number of hydrogen-bond acceptors (Lipinski definition) is 16. The van der Waals surface area contributed by atoms with Gasteiger partial charge in [0.25, 0.3) is 0 Å². The molecule has 0 aromatic heterocycles. The van der Waals surface area contributed by atoms with E-state index in [0.717, 1.165) is 26.2 Å². The highest BCUT2D eigenvalue weighted by atomic mass is 32.1. The van der Waals surface area contributed by atoms with Crippen LogP contribution in [0.3, 0.4) is 0 Å². The maximum Gasteiger partial charge on any atom is 0.311 e. The number of ether oxygens (including phenoxy) is 6. The first-order valence-corrected chi connectivity index (χ1v) is 25.3. The molecule has 3 aliphatic rings. The van der Waals surface area contributed by atoms with Gasteiger partial charge in [-0.05, 0) is 132 Å². The summed E-state index contributed by atoms with van der Waals surface area (Å²) >= 11 is 5.61. The molecule has 66 heavy (non-hydrogen) atoms. The van der Waals surface area contributed by atoms with E-state index in [9.17, 15) is 30.3 Å². The number of esters is 1. The van der Waals surface area contributed by atoms with Crippen LogP contribution in [0.4, 0.5) is 0 Å². The molecule has 0 aromatic rings. The van der Waals surface area contributed by atoms with Crippen molar-refractivity contribution in [2.24, 2.45) is 17.8 Å². The lowest BCUT2D eigenvalue weighted by atomic mass is 9.77. The lowest BCUT2D eigenvalue weighted by Gasteiger charge is -2.47. The fourth-order valence-corrected chi connectivity index (χ4v) is 10.3. The van der Waals surface area contributed by atoms with E-state index in [-0.39, 0.29) is 43.9 Å². The van der Waals surface area contributed by atoms with E-state index < -0.39 is 90.4 Å². The SMILES string of the molecule is CC[C@H]1OC(=O)[C@H](C)[C@@H](O[C@@H](CCOC)O[C@@H](C)[C@@H](C)O)[C@H](C)[C@@H](O[C@@H]2O[C@H](C)C[C@H](N(C)C)[C@H]2O)[C@](C)(O)C[C@@H](C)CN(CCCNC(=S)NCCN2CCCCC2)[C@H](C)[C@@H](O)[C@]1(C)O. The summed E-state index contributed by atoms with van der Waals surface area (Å²) in [4.78, 5) is 21.0. The summed E-state index contributed by atoms with van der Waals surface area (Å²) in [6, 6.07) is -0.904. The minimum Gasteiger partial charge on any atom is -0.459 e. The van der Waals surface area contributed by atoms with Crippen LogP contribution in [-0.2, 0) is 33.2 Å².